The third-order valence-electron chi connectivity index (χ3n) is 3.88. The second kappa shape index (κ2) is 6.66. The van der Waals surface area contributed by atoms with Crippen LogP contribution in [-0.4, -0.2) is 30.6 Å². The topological polar surface area (TPSA) is 29.5 Å². The van der Waals surface area contributed by atoms with Crippen molar-refractivity contribution in [3.05, 3.63) is 71.8 Å². The third-order valence-corrected chi connectivity index (χ3v) is 3.88. The van der Waals surface area contributed by atoms with Crippen LogP contribution in [0.2, 0.25) is 0 Å². The van der Waals surface area contributed by atoms with Crippen molar-refractivity contribution in [1.82, 2.24) is 4.90 Å². The zero-order valence-corrected chi connectivity index (χ0v) is 11.9. The van der Waals surface area contributed by atoms with Gasteiger partial charge >= 0.3 is 0 Å². The van der Waals surface area contributed by atoms with Crippen molar-refractivity contribution < 1.29 is 9.53 Å². The molecule has 0 saturated carbocycles. The van der Waals surface area contributed by atoms with Gasteiger partial charge in [0, 0.05) is 24.6 Å². The van der Waals surface area contributed by atoms with E-state index in [9.17, 15) is 4.79 Å². The SMILES string of the molecule is O=C(CC(c1ccccc1)N1CCOC1)c1ccccc1. The smallest absolute Gasteiger partial charge is 0.164 e. The molecule has 2 aromatic rings. The molecular weight excluding hydrogens is 262 g/mol. The summed E-state index contributed by atoms with van der Waals surface area (Å²) in [5, 5.41) is 0. The molecular formula is C18H19NO2. The quantitative estimate of drug-likeness (QED) is 0.788. The second-order valence-corrected chi connectivity index (χ2v) is 5.27. The standard InChI is InChI=1S/C18H19NO2/c20-18(16-9-5-2-6-10-16)13-17(19-11-12-21-14-19)15-7-3-1-4-8-15/h1-10,17H,11-14H2. The summed E-state index contributed by atoms with van der Waals surface area (Å²) in [5.41, 5.74) is 1.95. The van der Waals surface area contributed by atoms with E-state index in [2.05, 4.69) is 17.0 Å². The van der Waals surface area contributed by atoms with Gasteiger partial charge in [0.1, 0.15) is 0 Å². The van der Waals surface area contributed by atoms with Crippen LogP contribution in [0.15, 0.2) is 60.7 Å². The monoisotopic (exact) mass is 281 g/mol. The van der Waals surface area contributed by atoms with Crippen molar-refractivity contribution in [3.63, 3.8) is 0 Å². The van der Waals surface area contributed by atoms with Crippen LogP contribution in [0.4, 0.5) is 0 Å². The molecule has 1 heterocycles. The molecule has 0 spiro atoms. The van der Waals surface area contributed by atoms with Gasteiger partial charge in [-0.05, 0) is 5.56 Å². The first-order chi connectivity index (χ1) is 10.3. The van der Waals surface area contributed by atoms with Crippen LogP contribution in [0, 0.1) is 0 Å². The van der Waals surface area contributed by atoms with Gasteiger partial charge in [-0.15, -0.1) is 0 Å². The molecule has 0 radical (unpaired) electrons. The minimum absolute atomic E-state index is 0.0846. The van der Waals surface area contributed by atoms with E-state index in [0.29, 0.717) is 13.2 Å². The predicted molar refractivity (Wildman–Crippen MR) is 82.1 cm³/mol. The zero-order chi connectivity index (χ0) is 14.5. The molecule has 0 aromatic heterocycles. The van der Waals surface area contributed by atoms with Crippen LogP contribution in [0.1, 0.15) is 28.4 Å². The lowest BCUT2D eigenvalue weighted by molar-refractivity contribution is 0.0856. The molecule has 0 amide bonds. The van der Waals surface area contributed by atoms with E-state index < -0.39 is 0 Å². The van der Waals surface area contributed by atoms with Crippen molar-refractivity contribution in [2.45, 2.75) is 12.5 Å². The third kappa shape index (κ3) is 3.38. The molecule has 1 aliphatic heterocycles. The minimum atomic E-state index is 0.0846. The molecule has 3 heteroatoms. The van der Waals surface area contributed by atoms with E-state index in [4.69, 9.17) is 4.74 Å². The predicted octanol–water partition coefficient (Wildman–Crippen LogP) is 3.29. The highest BCUT2D eigenvalue weighted by Gasteiger charge is 2.26. The number of ether oxygens (including phenoxy) is 1. The Bertz CT molecular complexity index is 577. The highest BCUT2D eigenvalue weighted by atomic mass is 16.5. The molecule has 3 nitrogen and oxygen atoms in total. The average molecular weight is 281 g/mol. The van der Waals surface area contributed by atoms with Gasteiger partial charge in [-0.3, -0.25) is 9.69 Å². The van der Waals surface area contributed by atoms with E-state index in [1.54, 1.807) is 0 Å². The Balaban J connectivity index is 1.81. The molecule has 108 valence electrons. The summed E-state index contributed by atoms with van der Waals surface area (Å²) in [5.74, 6) is 0.177. The summed E-state index contributed by atoms with van der Waals surface area (Å²) in [6.45, 7) is 2.21. The molecule has 0 aliphatic carbocycles. The van der Waals surface area contributed by atoms with Gasteiger partial charge in [-0.2, -0.15) is 0 Å². The Labute approximate surface area is 125 Å². The van der Waals surface area contributed by atoms with Gasteiger partial charge in [-0.25, -0.2) is 0 Å². The van der Waals surface area contributed by atoms with E-state index >= 15 is 0 Å². The van der Waals surface area contributed by atoms with Gasteiger partial charge in [-0.1, -0.05) is 60.7 Å². The van der Waals surface area contributed by atoms with Gasteiger partial charge in [0.15, 0.2) is 5.78 Å². The molecule has 0 bridgehead atoms. The first kappa shape index (κ1) is 14.0. The Kier molecular flexibility index (Phi) is 4.43. The lowest BCUT2D eigenvalue weighted by Crippen LogP contribution is -2.28. The highest BCUT2D eigenvalue weighted by Crippen LogP contribution is 2.27. The number of Topliss-reactive ketones (excluding diaryl/α,β-unsaturated/α-hetero) is 1. The lowest BCUT2D eigenvalue weighted by Gasteiger charge is -2.26. The molecule has 21 heavy (non-hydrogen) atoms. The second-order valence-electron chi connectivity index (χ2n) is 5.27. The molecule has 1 saturated heterocycles. The molecule has 1 aliphatic rings. The van der Waals surface area contributed by atoms with E-state index in [1.165, 1.54) is 5.56 Å². The number of rotatable bonds is 5. The molecule has 2 aromatic carbocycles. The Morgan fingerprint density at radius 3 is 2.33 bits per heavy atom. The summed E-state index contributed by atoms with van der Waals surface area (Å²) < 4.78 is 5.46. The fourth-order valence-electron chi connectivity index (χ4n) is 2.72. The Hall–Kier alpha value is -1.97. The number of benzene rings is 2. The van der Waals surface area contributed by atoms with Gasteiger partial charge < -0.3 is 4.74 Å². The van der Waals surface area contributed by atoms with Crippen molar-refractivity contribution in [1.29, 1.82) is 0 Å². The minimum Gasteiger partial charge on any atom is -0.365 e. The van der Waals surface area contributed by atoms with Crippen LogP contribution in [0.5, 0.6) is 0 Å². The van der Waals surface area contributed by atoms with Crippen molar-refractivity contribution >= 4 is 5.78 Å². The van der Waals surface area contributed by atoms with Crippen LogP contribution in [-0.2, 0) is 4.74 Å². The number of nitrogens with zero attached hydrogens (tertiary/aromatic N) is 1. The maximum atomic E-state index is 12.5. The summed E-state index contributed by atoms with van der Waals surface area (Å²) in [6, 6.07) is 19.8. The molecule has 0 N–H and O–H groups in total. The number of hydrogen-bond acceptors (Lipinski definition) is 3. The maximum absolute atomic E-state index is 12.5. The van der Waals surface area contributed by atoms with Crippen LogP contribution < -0.4 is 0 Å². The molecule has 1 atom stereocenters. The number of ketones is 1. The number of hydrogen-bond donors (Lipinski definition) is 0. The van der Waals surface area contributed by atoms with Crippen LogP contribution in [0.25, 0.3) is 0 Å². The van der Waals surface area contributed by atoms with Crippen molar-refractivity contribution in [3.8, 4) is 0 Å². The van der Waals surface area contributed by atoms with E-state index in [0.717, 1.165) is 18.7 Å². The van der Waals surface area contributed by atoms with Gasteiger partial charge in [0.05, 0.1) is 13.3 Å². The van der Waals surface area contributed by atoms with Crippen molar-refractivity contribution in [2.75, 3.05) is 19.9 Å². The zero-order valence-electron chi connectivity index (χ0n) is 11.9. The summed E-state index contributed by atoms with van der Waals surface area (Å²) in [7, 11) is 0. The molecule has 1 fully saturated rings. The largest absolute Gasteiger partial charge is 0.365 e. The summed E-state index contributed by atoms with van der Waals surface area (Å²) in [4.78, 5) is 14.7. The van der Waals surface area contributed by atoms with E-state index in [-0.39, 0.29) is 11.8 Å². The van der Waals surface area contributed by atoms with Gasteiger partial charge in [0.25, 0.3) is 0 Å². The first-order valence-corrected chi connectivity index (χ1v) is 7.29. The Morgan fingerprint density at radius 2 is 1.71 bits per heavy atom. The summed E-state index contributed by atoms with van der Waals surface area (Å²) in [6.07, 6.45) is 0.484. The molecule has 3 rings (SSSR count). The normalized spacial score (nSPS) is 16.8. The van der Waals surface area contributed by atoms with E-state index in [1.807, 2.05) is 48.5 Å². The fourth-order valence-corrected chi connectivity index (χ4v) is 2.72. The highest BCUT2D eigenvalue weighted by molar-refractivity contribution is 5.96. The number of carbonyl (C=O) groups excluding carboxylic acids is 1. The first-order valence-electron chi connectivity index (χ1n) is 7.29. The number of carbonyl (C=O) groups is 1. The van der Waals surface area contributed by atoms with Crippen LogP contribution in [0.3, 0.4) is 0 Å². The average Bonchev–Trinajstić information content (AvgIpc) is 3.08. The summed E-state index contributed by atoms with van der Waals surface area (Å²) >= 11 is 0. The fraction of sp³-hybridized carbons (Fsp3) is 0.278. The van der Waals surface area contributed by atoms with Gasteiger partial charge in [0.2, 0.25) is 0 Å². The molecule has 1 unspecified atom stereocenters. The van der Waals surface area contributed by atoms with Crippen LogP contribution >= 0.6 is 0 Å². The Morgan fingerprint density at radius 1 is 1.05 bits per heavy atom. The lowest BCUT2D eigenvalue weighted by atomic mass is 9.97. The maximum Gasteiger partial charge on any atom is 0.164 e. The van der Waals surface area contributed by atoms with Crippen molar-refractivity contribution in [2.24, 2.45) is 0 Å².